The summed E-state index contributed by atoms with van der Waals surface area (Å²) in [5, 5.41) is 23.6. The minimum absolute atomic E-state index is 0.0134. The van der Waals surface area contributed by atoms with E-state index in [1.54, 1.807) is 40.1 Å². The van der Waals surface area contributed by atoms with Crippen LogP contribution in [0.3, 0.4) is 0 Å². The summed E-state index contributed by atoms with van der Waals surface area (Å²) in [6, 6.07) is 10.4. The minimum atomic E-state index is -0.538. The average molecular weight is 481 g/mol. The first-order chi connectivity index (χ1) is 15.7. The smallest absolute Gasteiger partial charge is 0.271 e. The number of benzene rings is 1. The second-order valence-electron chi connectivity index (χ2n) is 8.85. The average Bonchev–Trinajstić information content (AvgIpc) is 3.20. The van der Waals surface area contributed by atoms with Gasteiger partial charge in [-0.3, -0.25) is 19.8 Å². The number of nitro groups is 1. The maximum absolute atomic E-state index is 13.6. The van der Waals surface area contributed by atoms with Gasteiger partial charge in [0.05, 0.1) is 32.4 Å². The number of nitriles is 1. The molecule has 0 radical (unpaired) electrons. The third-order valence-electron chi connectivity index (χ3n) is 5.92. The van der Waals surface area contributed by atoms with Crippen molar-refractivity contribution < 1.29 is 9.72 Å². The van der Waals surface area contributed by atoms with Gasteiger partial charge in [-0.2, -0.15) is 5.26 Å². The maximum atomic E-state index is 13.6. The molecule has 7 nitrogen and oxygen atoms in total. The lowest BCUT2D eigenvalue weighted by atomic mass is 9.69. The van der Waals surface area contributed by atoms with Gasteiger partial charge in [0.1, 0.15) is 5.82 Å². The van der Waals surface area contributed by atoms with Crippen LogP contribution in [0.25, 0.3) is 0 Å². The minimum Gasteiger partial charge on any atom is -0.384 e. The van der Waals surface area contributed by atoms with E-state index in [-0.39, 0.29) is 22.7 Å². The van der Waals surface area contributed by atoms with Crippen LogP contribution in [-0.4, -0.2) is 16.5 Å². The number of Topliss-reactive ketones (excluding diaryl/α,β-unsaturated/α-hetero) is 1. The zero-order chi connectivity index (χ0) is 23.9. The second kappa shape index (κ2) is 8.69. The van der Waals surface area contributed by atoms with Crippen molar-refractivity contribution in [1.82, 2.24) is 0 Å². The van der Waals surface area contributed by atoms with Crippen LogP contribution in [-0.2, 0) is 4.79 Å². The number of hydrogen-bond acceptors (Lipinski definition) is 8. The molecule has 2 aromatic rings. The molecule has 0 amide bonds. The lowest BCUT2D eigenvalue weighted by Crippen LogP contribution is -2.42. The van der Waals surface area contributed by atoms with Crippen LogP contribution in [0.1, 0.15) is 45.1 Å². The fraction of sp³-hybridized carbons (Fsp3) is 0.333. The quantitative estimate of drug-likeness (QED) is 0.331. The third kappa shape index (κ3) is 4.05. The molecule has 1 aliphatic carbocycles. The van der Waals surface area contributed by atoms with Gasteiger partial charge >= 0.3 is 0 Å². The van der Waals surface area contributed by atoms with Crippen molar-refractivity contribution in [3.63, 3.8) is 0 Å². The Morgan fingerprint density at radius 1 is 1.36 bits per heavy atom. The van der Waals surface area contributed by atoms with E-state index in [2.05, 4.69) is 13.0 Å². The van der Waals surface area contributed by atoms with Crippen LogP contribution in [0.2, 0.25) is 0 Å². The molecule has 33 heavy (non-hydrogen) atoms. The highest BCUT2D eigenvalue weighted by Crippen LogP contribution is 2.52. The summed E-state index contributed by atoms with van der Waals surface area (Å²) in [6.45, 7) is 6.11. The number of anilines is 1. The highest BCUT2D eigenvalue weighted by Gasteiger charge is 2.45. The van der Waals surface area contributed by atoms with Crippen molar-refractivity contribution >= 4 is 40.3 Å². The van der Waals surface area contributed by atoms with Gasteiger partial charge in [-0.05, 0) is 40.7 Å². The largest absolute Gasteiger partial charge is 0.384 e. The fourth-order valence-corrected chi connectivity index (χ4v) is 6.70. The first-order valence-corrected chi connectivity index (χ1v) is 12.5. The monoisotopic (exact) mass is 480 g/mol. The van der Waals surface area contributed by atoms with E-state index >= 15 is 0 Å². The van der Waals surface area contributed by atoms with E-state index in [0.29, 0.717) is 29.7 Å². The highest BCUT2D eigenvalue weighted by atomic mass is 32.2. The van der Waals surface area contributed by atoms with Gasteiger partial charge in [-0.15, -0.1) is 23.1 Å². The van der Waals surface area contributed by atoms with Gasteiger partial charge in [-0.25, -0.2) is 0 Å². The fourth-order valence-electron chi connectivity index (χ4n) is 4.63. The molecule has 1 aliphatic heterocycles. The lowest BCUT2D eigenvalue weighted by Gasteiger charge is -2.43. The normalized spacial score (nSPS) is 20.0. The van der Waals surface area contributed by atoms with Gasteiger partial charge in [0.15, 0.2) is 5.78 Å². The van der Waals surface area contributed by atoms with Crippen LogP contribution in [0, 0.1) is 26.9 Å². The Bertz CT molecular complexity index is 1250. The molecule has 0 unspecified atom stereocenters. The number of nitro benzene ring substituents is 1. The molecule has 9 heteroatoms. The molecular formula is C24H24N4O3S2. The molecule has 0 bridgehead atoms. The molecule has 0 spiro atoms. The molecule has 1 atom stereocenters. The summed E-state index contributed by atoms with van der Waals surface area (Å²) in [5.41, 5.74) is 9.21. The van der Waals surface area contributed by atoms with E-state index in [1.807, 2.05) is 25.3 Å². The lowest BCUT2D eigenvalue weighted by molar-refractivity contribution is -0.384. The van der Waals surface area contributed by atoms with Gasteiger partial charge < -0.3 is 5.73 Å². The number of nitrogens with two attached hydrogens (primary N) is 1. The predicted octanol–water partition coefficient (Wildman–Crippen LogP) is 5.71. The standard InChI is InChI=1S/C24H24N4O3S2/c1-4-32-23-16(8-9-33-23)20-17(13-25)22(26)27(14-6-5-7-15(10-14)28(30)31)18-11-24(2,3)12-19(29)21(18)20/h5-10,20H,4,11-12,26H2,1-3H3/t20-/m1/s1. The number of allylic oxidation sites excluding steroid dienone is 3. The number of non-ortho nitro benzene ring substituents is 1. The van der Waals surface area contributed by atoms with Crippen LogP contribution in [0.4, 0.5) is 11.4 Å². The summed E-state index contributed by atoms with van der Waals surface area (Å²) >= 11 is 3.27. The summed E-state index contributed by atoms with van der Waals surface area (Å²) in [6.07, 6.45) is 0.928. The number of thioether (sulfide) groups is 1. The number of hydrogen-bond donors (Lipinski definition) is 1. The number of carbonyl (C=O) groups is 1. The van der Waals surface area contributed by atoms with Crippen molar-refractivity contribution in [2.24, 2.45) is 11.1 Å². The van der Waals surface area contributed by atoms with Crippen molar-refractivity contribution in [2.75, 3.05) is 10.7 Å². The topological polar surface area (TPSA) is 113 Å². The van der Waals surface area contributed by atoms with Crippen LogP contribution < -0.4 is 10.6 Å². The molecule has 2 N–H and O–H groups in total. The van der Waals surface area contributed by atoms with Gasteiger partial charge in [0.25, 0.3) is 5.69 Å². The van der Waals surface area contributed by atoms with E-state index in [0.717, 1.165) is 21.2 Å². The van der Waals surface area contributed by atoms with Crippen LogP contribution in [0.5, 0.6) is 0 Å². The van der Waals surface area contributed by atoms with Crippen LogP contribution in [0.15, 0.2) is 62.6 Å². The first-order valence-electron chi connectivity index (χ1n) is 10.6. The Morgan fingerprint density at radius 2 is 2.12 bits per heavy atom. The van der Waals surface area contributed by atoms with E-state index in [9.17, 15) is 20.2 Å². The number of ketones is 1. The molecule has 0 saturated carbocycles. The van der Waals surface area contributed by atoms with Gasteiger partial charge in [-0.1, -0.05) is 26.8 Å². The highest BCUT2D eigenvalue weighted by molar-refractivity contribution is 8.01. The van der Waals surface area contributed by atoms with Crippen LogP contribution >= 0.6 is 23.1 Å². The zero-order valence-corrected chi connectivity index (χ0v) is 20.3. The Morgan fingerprint density at radius 3 is 2.79 bits per heavy atom. The number of rotatable bonds is 5. The third-order valence-corrected chi connectivity index (χ3v) is 8.08. The van der Waals surface area contributed by atoms with Crippen molar-refractivity contribution in [3.8, 4) is 6.07 Å². The molecule has 0 fully saturated rings. The summed E-state index contributed by atoms with van der Waals surface area (Å²) in [4.78, 5) is 26.2. The summed E-state index contributed by atoms with van der Waals surface area (Å²) in [5.74, 6) is 0.531. The van der Waals surface area contributed by atoms with Gasteiger partial charge in [0.2, 0.25) is 0 Å². The summed E-state index contributed by atoms with van der Waals surface area (Å²) in [7, 11) is 0. The van der Waals surface area contributed by atoms with E-state index < -0.39 is 10.8 Å². The predicted molar refractivity (Wildman–Crippen MR) is 131 cm³/mol. The maximum Gasteiger partial charge on any atom is 0.271 e. The van der Waals surface area contributed by atoms with Crippen molar-refractivity contribution in [2.45, 2.75) is 43.7 Å². The number of carbonyl (C=O) groups excluding carboxylic acids is 1. The van der Waals surface area contributed by atoms with Gasteiger partial charge in [0, 0.05) is 29.8 Å². The number of thiophene rings is 1. The molecule has 2 heterocycles. The Kier molecular flexibility index (Phi) is 6.08. The Balaban J connectivity index is 1.99. The molecule has 1 aromatic heterocycles. The zero-order valence-electron chi connectivity index (χ0n) is 18.6. The molecular weight excluding hydrogens is 456 g/mol. The van der Waals surface area contributed by atoms with E-state index in [4.69, 9.17) is 5.73 Å². The van der Waals surface area contributed by atoms with E-state index in [1.165, 1.54) is 12.1 Å². The molecule has 1 aromatic carbocycles. The number of nitrogens with zero attached hydrogens (tertiary/aromatic N) is 3. The second-order valence-corrected chi connectivity index (χ2v) is 11.3. The Hall–Kier alpha value is -3.09. The molecule has 0 saturated heterocycles. The SMILES string of the molecule is CCSc1sccc1[C@@H]1C(C#N)=C(N)N(c2cccc([N+](=O)[O-])c2)C2=C1C(=O)CC(C)(C)C2. The molecule has 4 rings (SSSR count). The van der Waals surface area contributed by atoms with Crippen molar-refractivity contribution in [1.29, 1.82) is 5.26 Å². The summed E-state index contributed by atoms with van der Waals surface area (Å²) < 4.78 is 1.07. The van der Waals surface area contributed by atoms with Crippen molar-refractivity contribution in [3.05, 3.63) is 74.1 Å². The molecule has 170 valence electrons. The Labute approximate surface area is 200 Å². The molecule has 2 aliphatic rings. The first kappa shape index (κ1) is 23.1.